The van der Waals surface area contributed by atoms with Crippen LogP contribution in [0.2, 0.25) is 0 Å². The van der Waals surface area contributed by atoms with Gasteiger partial charge in [0.2, 0.25) is 5.95 Å². The highest BCUT2D eigenvalue weighted by Gasteiger charge is 2.17. The number of nitrogens with two attached hydrogens (primary N) is 1. The highest BCUT2D eigenvalue weighted by atomic mass is 79.9. The number of aromatic nitrogens is 3. The van der Waals surface area contributed by atoms with Crippen molar-refractivity contribution in [2.75, 3.05) is 5.73 Å². The van der Waals surface area contributed by atoms with Gasteiger partial charge in [-0.25, -0.2) is 14.4 Å². The molecule has 0 aliphatic carbocycles. The lowest BCUT2D eigenvalue weighted by Crippen LogP contribution is -2.04. The van der Waals surface area contributed by atoms with Gasteiger partial charge >= 0.3 is 0 Å². The Morgan fingerprint density at radius 3 is 2.89 bits per heavy atom. The van der Waals surface area contributed by atoms with Crippen LogP contribution in [-0.4, -0.2) is 14.5 Å². The number of pyridine rings is 1. The van der Waals surface area contributed by atoms with Crippen molar-refractivity contribution in [3.05, 3.63) is 46.3 Å². The third kappa shape index (κ3) is 1.88. The summed E-state index contributed by atoms with van der Waals surface area (Å²) in [6.07, 6.45) is 1.70. The van der Waals surface area contributed by atoms with Crippen molar-refractivity contribution in [2.24, 2.45) is 0 Å². The molecule has 2 N–H and O–H groups in total. The SMILES string of the molecule is Cc1cnc2c(c1)nc(N)n2-c1c(F)cccc1Br. The van der Waals surface area contributed by atoms with E-state index in [2.05, 4.69) is 25.9 Å². The Hall–Kier alpha value is -1.95. The lowest BCUT2D eigenvalue weighted by atomic mass is 10.3. The Morgan fingerprint density at radius 1 is 1.37 bits per heavy atom. The molecule has 6 heteroatoms. The largest absolute Gasteiger partial charge is 0.369 e. The van der Waals surface area contributed by atoms with Crippen LogP contribution in [-0.2, 0) is 0 Å². The van der Waals surface area contributed by atoms with E-state index in [4.69, 9.17) is 5.73 Å². The number of nitrogen functional groups attached to an aromatic ring is 1. The minimum Gasteiger partial charge on any atom is -0.369 e. The molecule has 0 saturated heterocycles. The Balaban J connectivity index is 2.40. The Bertz CT molecular complexity index is 761. The normalized spacial score (nSPS) is 11.1. The second kappa shape index (κ2) is 4.31. The van der Waals surface area contributed by atoms with E-state index in [-0.39, 0.29) is 11.8 Å². The molecule has 0 aliphatic rings. The number of nitrogens with zero attached hydrogens (tertiary/aromatic N) is 3. The quantitative estimate of drug-likeness (QED) is 0.749. The number of halogens is 2. The topological polar surface area (TPSA) is 56.7 Å². The summed E-state index contributed by atoms with van der Waals surface area (Å²) in [5, 5.41) is 0. The molecule has 2 aromatic heterocycles. The van der Waals surface area contributed by atoms with Gasteiger partial charge < -0.3 is 5.73 Å². The second-order valence-electron chi connectivity index (χ2n) is 4.23. The monoisotopic (exact) mass is 320 g/mol. The van der Waals surface area contributed by atoms with Gasteiger partial charge in [0.15, 0.2) is 5.65 Å². The summed E-state index contributed by atoms with van der Waals surface area (Å²) in [6.45, 7) is 1.92. The molecular formula is C13H10BrFN4. The number of rotatable bonds is 1. The third-order valence-corrected chi connectivity index (χ3v) is 3.46. The van der Waals surface area contributed by atoms with E-state index in [1.165, 1.54) is 10.6 Å². The van der Waals surface area contributed by atoms with E-state index in [1.54, 1.807) is 18.3 Å². The summed E-state index contributed by atoms with van der Waals surface area (Å²) in [5.41, 5.74) is 8.37. The number of fused-ring (bicyclic) bond motifs is 1. The molecule has 0 atom stereocenters. The van der Waals surface area contributed by atoms with E-state index in [9.17, 15) is 4.39 Å². The Kier molecular flexibility index (Phi) is 2.74. The maximum atomic E-state index is 14.0. The maximum absolute atomic E-state index is 14.0. The highest BCUT2D eigenvalue weighted by Crippen LogP contribution is 2.29. The molecule has 3 rings (SSSR count). The zero-order valence-corrected chi connectivity index (χ0v) is 11.6. The number of hydrogen-bond donors (Lipinski definition) is 1. The zero-order valence-electron chi connectivity index (χ0n) is 10.1. The first-order valence-corrected chi connectivity index (χ1v) is 6.42. The molecule has 96 valence electrons. The number of imidazole rings is 1. The maximum Gasteiger partial charge on any atom is 0.207 e. The number of hydrogen-bond acceptors (Lipinski definition) is 3. The summed E-state index contributed by atoms with van der Waals surface area (Å²) < 4.78 is 16.1. The van der Waals surface area contributed by atoms with Gasteiger partial charge in [-0.3, -0.25) is 4.57 Å². The van der Waals surface area contributed by atoms with E-state index in [1.807, 2.05) is 13.0 Å². The Morgan fingerprint density at radius 2 is 2.16 bits per heavy atom. The first-order chi connectivity index (χ1) is 9.08. The average molecular weight is 321 g/mol. The van der Waals surface area contributed by atoms with E-state index < -0.39 is 0 Å². The summed E-state index contributed by atoms with van der Waals surface area (Å²) in [6, 6.07) is 6.61. The van der Waals surface area contributed by atoms with Gasteiger partial charge in [0.25, 0.3) is 0 Å². The fourth-order valence-corrected chi connectivity index (χ4v) is 2.53. The molecule has 3 aromatic rings. The molecule has 0 saturated carbocycles. The van der Waals surface area contributed by atoms with Crippen molar-refractivity contribution >= 4 is 33.0 Å². The average Bonchev–Trinajstić information content (AvgIpc) is 2.65. The fourth-order valence-electron chi connectivity index (χ4n) is 2.01. The van der Waals surface area contributed by atoms with Crippen LogP contribution in [0.25, 0.3) is 16.9 Å². The number of anilines is 1. The number of benzene rings is 1. The van der Waals surface area contributed by atoms with Crippen LogP contribution in [0.1, 0.15) is 5.56 Å². The summed E-state index contributed by atoms with van der Waals surface area (Å²) in [4.78, 5) is 8.52. The van der Waals surface area contributed by atoms with Crippen LogP contribution in [0.4, 0.5) is 10.3 Å². The van der Waals surface area contributed by atoms with Gasteiger partial charge in [-0.05, 0) is 46.6 Å². The van der Waals surface area contributed by atoms with E-state index in [0.29, 0.717) is 21.3 Å². The lowest BCUT2D eigenvalue weighted by Gasteiger charge is -2.09. The third-order valence-electron chi connectivity index (χ3n) is 2.82. The predicted molar refractivity (Wildman–Crippen MR) is 75.7 cm³/mol. The van der Waals surface area contributed by atoms with Gasteiger partial charge in [0.05, 0.1) is 0 Å². The molecule has 0 radical (unpaired) electrons. The van der Waals surface area contributed by atoms with Crippen molar-refractivity contribution < 1.29 is 4.39 Å². The summed E-state index contributed by atoms with van der Waals surface area (Å²) >= 11 is 3.33. The van der Waals surface area contributed by atoms with Crippen LogP contribution in [0.15, 0.2) is 34.9 Å². The Labute approximate surface area is 117 Å². The first-order valence-electron chi connectivity index (χ1n) is 5.63. The lowest BCUT2D eigenvalue weighted by molar-refractivity contribution is 0.618. The molecule has 2 heterocycles. The van der Waals surface area contributed by atoms with Gasteiger partial charge in [-0.15, -0.1) is 0 Å². The molecular weight excluding hydrogens is 311 g/mol. The van der Waals surface area contributed by atoms with Gasteiger partial charge in [-0.1, -0.05) is 6.07 Å². The minimum atomic E-state index is -0.386. The molecule has 0 bridgehead atoms. The minimum absolute atomic E-state index is 0.207. The molecule has 0 amide bonds. The summed E-state index contributed by atoms with van der Waals surface area (Å²) in [5.74, 6) is -0.179. The molecule has 0 fully saturated rings. The smallest absolute Gasteiger partial charge is 0.207 e. The fraction of sp³-hybridized carbons (Fsp3) is 0.0769. The molecule has 4 nitrogen and oxygen atoms in total. The molecule has 0 unspecified atom stereocenters. The van der Waals surface area contributed by atoms with Gasteiger partial charge in [-0.2, -0.15) is 0 Å². The molecule has 0 spiro atoms. The molecule has 1 aromatic carbocycles. The van der Waals surface area contributed by atoms with Crippen LogP contribution < -0.4 is 5.73 Å². The van der Waals surface area contributed by atoms with Crippen LogP contribution >= 0.6 is 15.9 Å². The zero-order chi connectivity index (χ0) is 13.6. The van der Waals surface area contributed by atoms with Crippen molar-refractivity contribution in [3.63, 3.8) is 0 Å². The summed E-state index contributed by atoms with van der Waals surface area (Å²) in [7, 11) is 0. The number of para-hydroxylation sites is 1. The van der Waals surface area contributed by atoms with Crippen molar-refractivity contribution in [1.82, 2.24) is 14.5 Å². The first kappa shape index (κ1) is 12.1. The van der Waals surface area contributed by atoms with Crippen molar-refractivity contribution in [2.45, 2.75) is 6.92 Å². The van der Waals surface area contributed by atoms with Crippen molar-refractivity contribution in [3.8, 4) is 5.69 Å². The molecule has 0 aliphatic heterocycles. The van der Waals surface area contributed by atoms with Gasteiger partial charge in [0.1, 0.15) is 17.0 Å². The number of aryl methyl sites for hydroxylation is 1. The second-order valence-corrected chi connectivity index (χ2v) is 5.09. The predicted octanol–water partition coefficient (Wildman–Crippen LogP) is 3.21. The van der Waals surface area contributed by atoms with Gasteiger partial charge in [0, 0.05) is 10.7 Å². The highest BCUT2D eigenvalue weighted by molar-refractivity contribution is 9.10. The van der Waals surface area contributed by atoms with Crippen LogP contribution in [0.5, 0.6) is 0 Å². The van der Waals surface area contributed by atoms with Crippen LogP contribution in [0.3, 0.4) is 0 Å². The van der Waals surface area contributed by atoms with Crippen molar-refractivity contribution in [1.29, 1.82) is 0 Å². The van der Waals surface area contributed by atoms with Crippen LogP contribution in [0, 0.1) is 12.7 Å². The van der Waals surface area contributed by atoms with E-state index in [0.717, 1.165) is 5.56 Å². The molecule has 19 heavy (non-hydrogen) atoms. The van der Waals surface area contributed by atoms with E-state index >= 15 is 0 Å². The standard InChI is InChI=1S/C13H10BrFN4/c1-7-5-10-12(17-6-7)19(13(16)18-10)11-8(14)3-2-4-9(11)15/h2-6H,1H3,(H2,16,18).